The number of hydrogen-bond acceptors (Lipinski definition) is 3. The van der Waals surface area contributed by atoms with Crippen molar-refractivity contribution in [3.8, 4) is 0 Å². The first kappa shape index (κ1) is 15.8. The molecule has 2 aliphatic rings. The van der Waals surface area contributed by atoms with Crippen molar-refractivity contribution in [1.29, 1.82) is 0 Å². The minimum atomic E-state index is -0.299. The van der Waals surface area contributed by atoms with E-state index >= 15 is 0 Å². The lowest BCUT2D eigenvalue weighted by Crippen LogP contribution is -2.30. The molecule has 3 nitrogen and oxygen atoms in total. The van der Waals surface area contributed by atoms with Crippen LogP contribution in [0.25, 0.3) is 0 Å². The molecular formula is C19H21FN2OS. The SMILES string of the molecule is O=C1Nc2cc(F)ccc2C1CCCCN1CCc2sccc2C1. The van der Waals surface area contributed by atoms with Crippen LogP contribution >= 0.6 is 11.3 Å². The third-order valence-electron chi connectivity index (χ3n) is 5.07. The highest BCUT2D eigenvalue weighted by Gasteiger charge is 2.30. The molecule has 4 rings (SSSR count). The van der Waals surface area contributed by atoms with Crippen molar-refractivity contribution in [3.63, 3.8) is 0 Å². The molecule has 5 heteroatoms. The summed E-state index contributed by atoms with van der Waals surface area (Å²) in [6, 6.07) is 6.85. The molecule has 0 radical (unpaired) electrons. The topological polar surface area (TPSA) is 32.3 Å². The lowest BCUT2D eigenvalue weighted by atomic mass is 9.95. The Balaban J connectivity index is 1.27. The maximum atomic E-state index is 13.3. The van der Waals surface area contributed by atoms with E-state index in [1.807, 2.05) is 11.3 Å². The van der Waals surface area contributed by atoms with Gasteiger partial charge in [-0.1, -0.05) is 12.5 Å². The largest absolute Gasteiger partial charge is 0.325 e. The van der Waals surface area contributed by atoms with Gasteiger partial charge in [-0.2, -0.15) is 0 Å². The van der Waals surface area contributed by atoms with Crippen LogP contribution in [-0.2, 0) is 17.8 Å². The zero-order chi connectivity index (χ0) is 16.5. The molecular weight excluding hydrogens is 323 g/mol. The number of nitrogens with zero attached hydrogens (tertiary/aromatic N) is 1. The van der Waals surface area contributed by atoms with Crippen LogP contribution in [0.2, 0.25) is 0 Å². The molecule has 0 saturated heterocycles. The highest BCUT2D eigenvalue weighted by atomic mass is 32.1. The van der Waals surface area contributed by atoms with Crippen LogP contribution in [0.1, 0.15) is 41.2 Å². The average molecular weight is 344 g/mol. The number of thiophene rings is 1. The van der Waals surface area contributed by atoms with Crippen molar-refractivity contribution in [2.24, 2.45) is 0 Å². The Morgan fingerprint density at radius 1 is 1.29 bits per heavy atom. The molecule has 24 heavy (non-hydrogen) atoms. The maximum absolute atomic E-state index is 13.3. The van der Waals surface area contributed by atoms with Gasteiger partial charge in [-0.3, -0.25) is 9.69 Å². The minimum absolute atomic E-state index is 0.0106. The second-order valence-corrected chi connectivity index (χ2v) is 7.67. The van der Waals surface area contributed by atoms with Gasteiger partial charge in [0.15, 0.2) is 0 Å². The quantitative estimate of drug-likeness (QED) is 0.827. The van der Waals surface area contributed by atoms with Gasteiger partial charge < -0.3 is 5.32 Å². The molecule has 2 aromatic rings. The first-order valence-electron chi connectivity index (χ1n) is 8.58. The van der Waals surface area contributed by atoms with Gasteiger partial charge in [0.05, 0.1) is 5.92 Å². The molecule has 1 N–H and O–H groups in total. The van der Waals surface area contributed by atoms with Gasteiger partial charge in [0.2, 0.25) is 5.91 Å². The number of hydrogen-bond donors (Lipinski definition) is 1. The fourth-order valence-corrected chi connectivity index (χ4v) is 4.66. The molecule has 1 atom stereocenters. The molecule has 0 aliphatic carbocycles. The Kier molecular flexibility index (Phi) is 4.37. The molecule has 126 valence electrons. The average Bonchev–Trinajstić information content (AvgIpc) is 3.14. The molecule has 1 aromatic heterocycles. The molecule has 1 aromatic carbocycles. The second kappa shape index (κ2) is 6.65. The predicted molar refractivity (Wildman–Crippen MR) is 94.9 cm³/mol. The number of nitrogens with one attached hydrogen (secondary N) is 1. The fourth-order valence-electron chi connectivity index (χ4n) is 3.77. The zero-order valence-corrected chi connectivity index (χ0v) is 14.4. The lowest BCUT2D eigenvalue weighted by molar-refractivity contribution is -0.117. The second-order valence-electron chi connectivity index (χ2n) is 6.66. The van der Waals surface area contributed by atoms with Crippen LogP contribution in [0.5, 0.6) is 0 Å². The summed E-state index contributed by atoms with van der Waals surface area (Å²) in [5.41, 5.74) is 3.07. The van der Waals surface area contributed by atoms with Crippen molar-refractivity contribution in [3.05, 3.63) is 51.5 Å². The highest BCUT2D eigenvalue weighted by Crippen LogP contribution is 2.36. The number of anilines is 1. The molecule has 2 aliphatic heterocycles. The van der Waals surface area contributed by atoms with E-state index in [-0.39, 0.29) is 17.6 Å². The number of fused-ring (bicyclic) bond motifs is 2. The third-order valence-corrected chi connectivity index (χ3v) is 6.09. The predicted octanol–water partition coefficient (Wildman–Crippen LogP) is 4.15. The van der Waals surface area contributed by atoms with E-state index in [0.717, 1.165) is 50.9 Å². The standard InChI is InChI=1S/C19H21FN2OS/c20-14-4-5-15-16(19(23)21-17(15)11-14)3-1-2-8-22-9-6-18-13(12-22)7-10-24-18/h4-5,7,10-11,16H,1-3,6,8-9,12H2,(H,21,23). The Morgan fingerprint density at radius 2 is 2.21 bits per heavy atom. The van der Waals surface area contributed by atoms with Crippen molar-refractivity contribution >= 4 is 22.9 Å². The van der Waals surface area contributed by atoms with Crippen molar-refractivity contribution in [2.75, 3.05) is 18.4 Å². The highest BCUT2D eigenvalue weighted by molar-refractivity contribution is 7.10. The maximum Gasteiger partial charge on any atom is 0.232 e. The van der Waals surface area contributed by atoms with Crippen LogP contribution < -0.4 is 5.32 Å². The van der Waals surface area contributed by atoms with Gasteiger partial charge in [-0.25, -0.2) is 4.39 Å². The number of carbonyl (C=O) groups is 1. The van der Waals surface area contributed by atoms with E-state index in [1.165, 1.54) is 22.6 Å². The third kappa shape index (κ3) is 3.10. The Bertz CT molecular complexity index is 758. The van der Waals surface area contributed by atoms with E-state index in [0.29, 0.717) is 5.69 Å². The lowest BCUT2D eigenvalue weighted by Gasteiger charge is -2.26. The molecule has 0 bridgehead atoms. The van der Waals surface area contributed by atoms with E-state index in [1.54, 1.807) is 6.07 Å². The summed E-state index contributed by atoms with van der Waals surface area (Å²) >= 11 is 1.87. The monoisotopic (exact) mass is 344 g/mol. The van der Waals surface area contributed by atoms with Crippen LogP contribution in [0, 0.1) is 5.82 Å². The fraction of sp³-hybridized carbons (Fsp3) is 0.421. The molecule has 3 heterocycles. The van der Waals surface area contributed by atoms with E-state index < -0.39 is 0 Å². The molecule has 0 spiro atoms. The summed E-state index contributed by atoms with van der Waals surface area (Å²) in [6.45, 7) is 3.28. The number of halogens is 1. The van der Waals surface area contributed by atoms with E-state index in [9.17, 15) is 9.18 Å². The number of unbranched alkanes of at least 4 members (excludes halogenated alkanes) is 1. The van der Waals surface area contributed by atoms with Gasteiger partial charge in [0, 0.05) is 23.7 Å². The summed E-state index contributed by atoms with van der Waals surface area (Å²) in [5.74, 6) is -0.408. The Morgan fingerprint density at radius 3 is 3.12 bits per heavy atom. The zero-order valence-electron chi connectivity index (χ0n) is 13.6. The van der Waals surface area contributed by atoms with Crippen LogP contribution in [0.3, 0.4) is 0 Å². The Hall–Kier alpha value is -1.72. The summed E-state index contributed by atoms with van der Waals surface area (Å²) < 4.78 is 13.3. The molecule has 1 amide bonds. The Labute approximate surface area is 145 Å². The number of carbonyl (C=O) groups excluding carboxylic acids is 1. The molecule has 0 fully saturated rings. The molecule has 1 unspecified atom stereocenters. The smallest absolute Gasteiger partial charge is 0.232 e. The normalized spacial score (nSPS) is 19.9. The van der Waals surface area contributed by atoms with Crippen molar-refractivity contribution in [1.82, 2.24) is 4.90 Å². The minimum Gasteiger partial charge on any atom is -0.325 e. The summed E-state index contributed by atoms with van der Waals surface area (Å²) in [7, 11) is 0. The molecule has 0 saturated carbocycles. The first-order chi connectivity index (χ1) is 11.7. The van der Waals surface area contributed by atoms with Crippen molar-refractivity contribution < 1.29 is 9.18 Å². The first-order valence-corrected chi connectivity index (χ1v) is 9.46. The van der Waals surface area contributed by atoms with Crippen LogP contribution in [0.4, 0.5) is 10.1 Å². The van der Waals surface area contributed by atoms with Gasteiger partial charge in [0.25, 0.3) is 0 Å². The van der Waals surface area contributed by atoms with Crippen LogP contribution in [-0.4, -0.2) is 23.9 Å². The number of rotatable bonds is 5. The van der Waals surface area contributed by atoms with E-state index in [4.69, 9.17) is 0 Å². The summed E-state index contributed by atoms with van der Waals surface area (Å²) in [6.07, 6.45) is 4.11. The summed E-state index contributed by atoms with van der Waals surface area (Å²) in [5, 5.41) is 4.99. The van der Waals surface area contributed by atoms with Gasteiger partial charge in [-0.05, 0) is 60.5 Å². The summed E-state index contributed by atoms with van der Waals surface area (Å²) in [4.78, 5) is 16.1. The number of amides is 1. The van der Waals surface area contributed by atoms with Gasteiger partial charge in [-0.15, -0.1) is 11.3 Å². The van der Waals surface area contributed by atoms with Gasteiger partial charge >= 0.3 is 0 Å². The van der Waals surface area contributed by atoms with Crippen molar-refractivity contribution in [2.45, 2.75) is 38.1 Å². The van der Waals surface area contributed by atoms with E-state index in [2.05, 4.69) is 21.7 Å². The van der Waals surface area contributed by atoms with Gasteiger partial charge in [0.1, 0.15) is 5.82 Å². The number of benzene rings is 1. The van der Waals surface area contributed by atoms with Crippen LogP contribution in [0.15, 0.2) is 29.6 Å².